The van der Waals surface area contributed by atoms with Crippen LogP contribution in [0, 0.1) is 40.9 Å². The zero-order valence-corrected chi connectivity index (χ0v) is 19.9. The summed E-state index contributed by atoms with van der Waals surface area (Å²) in [6.45, 7) is 3.34. The fourth-order valence-corrected chi connectivity index (χ4v) is 8.72. The summed E-state index contributed by atoms with van der Waals surface area (Å²) in [6, 6.07) is 6.51. The van der Waals surface area contributed by atoms with Gasteiger partial charge in [-0.25, -0.2) is 0 Å². The summed E-state index contributed by atoms with van der Waals surface area (Å²) < 4.78 is 5.73. The Kier molecular flexibility index (Phi) is 4.65. The van der Waals surface area contributed by atoms with E-state index in [9.17, 15) is 9.59 Å². The van der Waals surface area contributed by atoms with Crippen molar-refractivity contribution in [3.63, 3.8) is 0 Å². The van der Waals surface area contributed by atoms with Crippen LogP contribution in [0.4, 0.5) is 0 Å². The van der Waals surface area contributed by atoms with E-state index >= 15 is 0 Å². The third kappa shape index (κ3) is 2.71. The highest BCUT2D eigenvalue weighted by Crippen LogP contribution is 2.64. The van der Waals surface area contributed by atoms with E-state index < -0.39 is 5.41 Å². The van der Waals surface area contributed by atoms with Gasteiger partial charge in [0.05, 0.1) is 18.4 Å². The summed E-state index contributed by atoms with van der Waals surface area (Å²) >= 11 is 0. The molecule has 34 heavy (non-hydrogen) atoms. The van der Waals surface area contributed by atoms with Gasteiger partial charge in [0.2, 0.25) is 11.8 Å². The van der Waals surface area contributed by atoms with Gasteiger partial charge in [0.15, 0.2) is 0 Å². The number of rotatable bonds is 6. The van der Waals surface area contributed by atoms with Gasteiger partial charge in [0, 0.05) is 24.6 Å². The number of unbranched alkanes of at least 4 members (excludes halogenated alkanes) is 1. The molecule has 0 spiro atoms. The Bertz CT molecular complexity index is 1090. The van der Waals surface area contributed by atoms with Gasteiger partial charge in [0.1, 0.15) is 5.75 Å². The van der Waals surface area contributed by atoms with Gasteiger partial charge in [-0.2, -0.15) is 0 Å². The van der Waals surface area contributed by atoms with E-state index in [1.54, 1.807) is 7.11 Å². The lowest BCUT2D eigenvalue weighted by Crippen LogP contribution is -2.58. The number of hydrogen-bond donors (Lipinski definition) is 1. The van der Waals surface area contributed by atoms with Crippen LogP contribution >= 0.6 is 0 Å². The van der Waals surface area contributed by atoms with Gasteiger partial charge in [0.25, 0.3) is 0 Å². The molecule has 6 unspecified atom stereocenters. The average Bonchev–Trinajstić information content (AvgIpc) is 3.35. The van der Waals surface area contributed by atoms with Crippen molar-refractivity contribution in [2.24, 2.45) is 40.9 Å². The van der Waals surface area contributed by atoms with Crippen LogP contribution in [0.25, 0.3) is 0 Å². The van der Waals surface area contributed by atoms with E-state index in [-0.39, 0.29) is 29.6 Å². The molecule has 2 bridgehead atoms. The SMILES string of the molecule is COc1cccc2c1[C@@H]1CN(CCCCC34C(=O)NC(=O)C3C3C=CC4C4C=CC43)C[C@H]1CC2. The van der Waals surface area contributed by atoms with Gasteiger partial charge in [-0.3, -0.25) is 14.9 Å². The first-order valence-electron chi connectivity index (χ1n) is 13.2. The first-order chi connectivity index (χ1) is 16.6. The molecule has 2 aliphatic heterocycles. The number of carbonyl (C=O) groups is 2. The van der Waals surface area contributed by atoms with E-state index in [0.717, 1.165) is 51.1 Å². The molecule has 7 aliphatic rings. The summed E-state index contributed by atoms with van der Waals surface area (Å²) in [6.07, 6.45) is 14.4. The molecule has 5 nitrogen and oxygen atoms in total. The molecular formula is C29H34N2O3. The summed E-state index contributed by atoms with van der Waals surface area (Å²) in [7, 11) is 1.79. The fraction of sp³-hybridized carbons (Fsp3) is 0.586. The number of ether oxygens (including phenoxy) is 1. The lowest BCUT2D eigenvalue weighted by molar-refractivity contribution is -0.142. The molecular weight excluding hydrogens is 424 g/mol. The number of imide groups is 1. The number of aryl methyl sites for hydroxylation is 1. The van der Waals surface area contributed by atoms with Crippen LogP contribution in [0.5, 0.6) is 5.75 Å². The number of allylic oxidation sites excluding steroid dienone is 4. The lowest BCUT2D eigenvalue weighted by Gasteiger charge is -2.57. The van der Waals surface area contributed by atoms with Crippen molar-refractivity contribution in [3.8, 4) is 5.75 Å². The van der Waals surface area contributed by atoms with Crippen molar-refractivity contribution in [1.82, 2.24) is 10.2 Å². The highest BCUT2D eigenvalue weighted by atomic mass is 16.5. The van der Waals surface area contributed by atoms with Crippen LogP contribution in [0.2, 0.25) is 0 Å². The number of hydrogen-bond acceptors (Lipinski definition) is 4. The maximum absolute atomic E-state index is 13.2. The zero-order chi connectivity index (χ0) is 23.0. The van der Waals surface area contributed by atoms with E-state index in [1.807, 2.05) is 0 Å². The Morgan fingerprint density at radius 3 is 2.74 bits per heavy atom. The molecule has 2 amide bonds. The van der Waals surface area contributed by atoms with Gasteiger partial charge in [-0.15, -0.1) is 0 Å². The second-order valence-electron chi connectivity index (χ2n) is 11.5. The lowest BCUT2D eigenvalue weighted by atomic mass is 9.43. The van der Waals surface area contributed by atoms with Crippen molar-refractivity contribution < 1.29 is 14.3 Å². The smallest absolute Gasteiger partial charge is 0.234 e. The molecule has 1 saturated carbocycles. The quantitative estimate of drug-likeness (QED) is 0.401. The molecule has 5 heteroatoms. The number of carbonyl (C=O) groups excluding carboxylic acids is 2. The number of methoxy groups -OCH3 is 1. The minimum atomic E-state index is -0.520. The van der Waals surface area contributed by atoms with Crippen molar-refractivity contribution in [2.45, 2.75) is 38.0 Å². The second kappa shape index (κ2) is 7.55. The second-order valence-corrected chi connectivity index (χ2v) is 11.5. The molecule has 1 aromatic rings. The molecule has 2 heterocycles. The Balaban J connectivity index is 1.03. The minimum Gasteiger partial charge on any atom is -0.496 e. The highest BCUT2D eigenvalue weighted by molar-refractivity contribution is 6.08. The number of nitrogens with zero attached hydrogens (tertiary/aromatic N) is 1. The summed E-state index contributed by atoms with van der Waals surface area (Å²) in [5, 5.41) is 2.74. The summed E-state index contributed by atoms with van der Waals surface area (Å²) in [5.74, 6) is 3.42. The van der Waals surface area contributed by atoms with Gasteiger partial charge in [-0.1, -0.05) is 42.9 Å². The molecule has 3 fully saturated rings. The summed E-state index contributed by atoms with van der Waals surface area (Å²) in [4.78, 5) is 28.6. The van der Waals surface area contributed by atoms with E-state index in [4.69, 9.17) is 4.74 Å². The largest absolute Gasteiger partial charge is 0.496 e. The Morgan fingerprint density at radius 2 is 1.91 bits per heavy atom. The standard InChI is InChI=1S/C29H34N2O3/c1-34-24-6-4-5-17-7-8-18-15-31(16-22(18)25(17)24)14-3-2-13-29-23-12-11-21(19-9-10-20(19)23)26(29)27(32)30-28(29)33/h4-6,9-12,18-23,26H,2-3,7-8,13-16H2,1H3,(H,30,32,33)/t18-,19?,20?,21?,22-,23?,26?,29?/m1/s1. The van der Waals surface area contributed by atoms with Crippen molar-refractivity contribution in [3.05, 3.63) is 53.6 Å². The van der Waals surface area contributed by atoms with Crippen molar-refractivity contribution in [1.29, 1.82) is 0 Å². The maximum atomic E-state index is 13.2. The Morgan fingerprint density at radius 1 is 1.06 bits per heavy atom. The van der Waals surface area contributed by atoms with Crippen LogP contribution in [-0.2, 0) is 16.0 Å². The third-order valence-electron chi connectivity index (χ3n) is 10.2. The summed E-state index contributed by atoms with van der Waals surface area (Å²) in [5.41, 5.74) is 2.39. The molecule has 0 radical (unpaired) electrons. The zero-order valence-electron chi connectivity index (χ0n) is 19.9. The van der Waals surface area contributed by atoms with Gasteiger partial charge >= 0.3 is 0 Å². The van der Waals surface area contributed by atoms with Crippen LogP contribution in [0.1, 0.15) is 42.7 Å². The first-order valence-corrected chi connectivity index (χ1v) is 13.2. The molecule has 1 N–H and O–H groups in total. The molecule has 8 rings (SSSR count). The van der Waals surface area contributed by atoms with Crippen LogP contribution in [-0.4, -0.2) is 43.5 Å². The van der Waals surface area contributed by atoms with E-state index in [2.05, 4.69) is 52.7 Å². The monoisotopic (exact) mass is 458 g/mol. The molecule has 2 saturated heterocycles. The predicted octanol–water partition coefficient (Wildman–Crippen LogP) is 3.70. The molecule has 178 valence electrons. The Labute approximate surface area is 201 Å². The first kappa shape index (κ1) is 20.9. The molecule has 0 aromatic heterocycles. The third-order valence-corrected chi connectivity index (χ3v) is 10.2. The fourth-order valence-electron chi connectivity index (χ4n) is 8.72. The highest BCUT2D eigenvalue weighted by Gasteiger charge is 2.68. The molecule has 8 atom stereocenters. The van der Waals surface area contributed by atoms with Crippen LogP contribution in [0.15, 0.2) is 42.5 Å². The van der Waals surface area contributed by atoms with Crippen molar-refractivity contribution >= 4 is 11.8 Å². The number of likely N-dealkylation sites (tertiary alicyclic amines) is 1. The predicted molar refractivity (Wildman–Crippen MR) is 129 cm³/mol. The molecule has 5 aliphatic carbocycles. The van der Waals surface area contributed by atoms with E-state index in [1.165, 1.54) is 17.5 Å². The van der Waals surface area contributed by atoms with Gasteiger partial charge in [-0.05, 0) is 73.4 Å². The normalized spacial score (nSPS) is 40.9. The van der Waals surface area contributed by atoms with Crippen LogP contribution < -0.4 is 10.1 Å². The average molecular weight is 459 g/mol. The number of fused-ring (bicyclic) bond motifs is 3. The van der Waals surface area contributed by atoms with Gasteiger partial charge < -0.3 is 9.64 Å². The Hall–Kier alpha value is -2.40. The number of nitrogens with one attached hydrogen (secondary N) is 1. The van der Waals surface area contributed by atoms with Crippen LogP contribution in [0.3, 0.4) is 0 Å². The molecule has 1 aromatic carbocycles. The minimum absolute atomic E-state index is 0.00325. The number of amides is 2. The topological polar surface area (TPSA) is 58.6 Å². The van der Waals surface area contributed by atoms with Crippen molar-refractivity contribution in [2.75, 3.05) is 26.7 Å². The number of benzene rings is 1. The van der Waals surface area contributed by atoms with E-state index in [0.29, 0.717) is 23.7 Å². The maximum Gasteiger partial charge on any atom is 0.234 e.